The summed E-state index contributed by atoms with van der Waals surface area (Å²) in [4.78, 5) is 4.12. The van der Waals surface area contributed by atoms with Gasteiger partial charge in [-0.2, -0.15) is 0 Å². The molecule has 1 rings (SSSR count). The summed E-state index contributed by atoms with van der Waals surface area (Å²) < 4.78 is 5.21. The van der Waals surface area contributed by atoms with E-state index >= 15 is 0 Å². The number of nitrogens with zero attached hydrogens (tertiary/aromatic N) is 1. The molecule has 0 fully saturated rings. The molecule has 0 aromatic carbocycles. The summed E-state index contributed by atoms with van der Waals surface area (Å²) in [6, 6.07) is 3.89. The number of rotatable bonds is 4. The van der Waals surface area contributed by atoms with E-state index in [1.165, 1.54) is 5.56 Å². The summed E-state index contributed by atoms with van der Waals surface area (Å²) in [5.74, 6) is 0.692. The fourth-order valence-electron chi connectivity index (χ4n) is 0.953. The second-order valence-electron chi connectivity index (χ2n) is 2.47. The predicted octanol–water partition coefficient (Wildman–Crippen LogP) is 1.20. The van der Waals surface area contributed by atoms with Gasteiger partial charge in [0.05, 0.1) is 6.61 Å². The highest BCUT2D eigenvalue weighted by molar-refractivity contribution is 5.17. The van der Waals surface area contributed by atoms with Crippen molar-refractivity contribution in [1.29, 1.82) is 0 Å². The molecule has 0 radical (unpaired) electrons. The molecule has 1 heterocycles. The predicted molar refractivity (Wildman–Crippen MR) is 48.2 cm³/mol. The van der Waals surface area contributed by atoms with Crippen LogP contribution in [-0.4, -0.2) is 18.6 Å². The zero-order valence-corrected chi connectivity index (χ0v) is 7.50. The normalized spacial score (nSPS) is 9.83. The summed E-state index contributed by atoms with van der Waals surface area (Å²) >= 11 is 0. The van der Waals surface area contributed by atoms with Gasteiger partial charge in [-0.3, -0.25) is 0 Å². The summed E-state index contributed by atoms with van der Waals surface area (Å²) in [5, 5.41) is 3.05. The van der Waals surface area contributed by atoms with Crippen molar-refractivity contribution in [1.82, 2.24) is 10.3 Å². The summed E-state index contributed by atoms with van der Waals surface area (Å²) in [6.07, 6.45) is 1.82. The van der Waals surface area contributed by atoms with Crippen molar-refractivity contribution in [2.45, 2.75) is 13.5 Å². The monoisotopic (exact) mass is 166 g/mol. The summed E-state index contributed by atoms with van der Waals surface area (Å²) in [5.41, 5.74) is 1.17. The maximum absolute atomic E-state index is 5.21. The number of hydrogen-bond acceptors (Lipinski definition) is 3. The molecule has 3 nitrogen and oxygen atoms in total. The van der Waals surface area contributed by atoms with E-state index in [0.717, 1.165) is 6.54 Å². The van der Waals surface area contributed by atoms with Crippen LogP contribution in [0.5, 0.6) is 5.88 Å². The lowest BCUT2D eigenvalue weighted by atomic mass is 10.3. The first kappa shape index (κ1) is 9.00. The molecule has 0 spiro atoms. The molecule has 3 heteroatoms. The lowest BCUT2D eigenvalue weighted by Crippen LogP contribution is -2.05. The van der Waals surface area contributed by atoms with Crippen LogP contribution in [0.15, 0.2) is 18.3 Å². The van der Waals surface area contributed by atoms with Crippen molar-refractivity contribution >= 4 is 0 Å². The van der Waals surface area contributed by atoms with E-state index in [2.05, 4.69) is 10.3 Å². The first-order chi connectivity index (χ1) is 5.86. The molecule has 1 aromatic heterocycles. The number of hydrogen-bond donors (Lipinski definition) is 1. The van der Waals surface area contributed by atoms with Gasteiger partial charge in [0, 0.05) is 18.8 Å². The fourth-order valence-corrected chi connectivity index (χ4v) is 0.953. The van der Waals surface area contributed by atoms with Crippen molar-refractivity contribution in [2.75, 3.05) is 13.7 Å². The highest BCUT2D eigenvalue weighted by atomic mass is 16.5. The molecule has 0 aliphatic rings. The van der Waals surface area contributed by atoms with Crippen LogP contribution in [-0.2, 0) is 6.54 Å². The highest BCUT2D eigenvalue weighted by Crippen LogP contribution is 2.06. The average molecular weight is 166 g/mol. The molecule has 0 amide bonds. The van der Waals surface area contributed by atoms with Crippen molar-refractivity contribution in [2.24, 2.45) is 0 Å². The molecule has 1 N–H and O–H groups in total. The second kappa shape index (κ2) is 4.72. The first-order valence-corrected chi connectivity index (χ1v) is 4.09. The molecule has 0 bridgehead atoms. The van der Waals surface area contributed by atoms with Gasteiger partial charge in [-0.05, 0) is 19.5 Å². The molecular weight excluding hydrogens is 152 g/mol. The Morgan fingerprint density at radius 2 is 2.33 bits per heavy atom. The summed E-state index contributed by atoms with van der Waals surface area (Å²) in [6.45, 7) is 3.46. The molecule has 1 aromatic rings. The minimum absolute atomic E-state index is 0.665. The van der Waals surface area contributed by atoms with E-state index in [9.17, 15) is 0 Å². The molecule has 0 saturated heterocycles. The van der Waals surface area contributed by atoms with Crippen LogP contribution in [0.4, 0.5) is 0 Å². The van der Waals surface area contributed by atoms with Crippen LogP contribution < -0.4 is 10.1 Å². The number of aromatic nitrogens is 1. The topological polar surface area (TPSA) is 34.1 Å². The fraction of sp³-hybridized carbons (Fsp3) is 0.444. The maximum Gasteiger partial charge on any atom is 0.213 e. The van der Waals surface area contributed by atoms with Gasteiger partial charge in [0.25, 0.3) is 0 Å². The molecule has 66 valence electrons. The van der Waals surface area contributed by atoms with Gasteiger partial charge in [-0.1, -0.05) is 6.07 Å². The number of ether oxygens (including phenoxy) is 1. The molecular formula is C9H14N2O. The van der Waals surface area contributed by atoms with Gasteiger partial charge in [0.2, 0.25) is 5.88 Å². The second-order valence-corrected chi connectivity index (χ2v) is 2.47. The molecule has 0 aliphatic heterocycles. The average Bonchev–Trinajstić information content (AvgIpc) is 2.09. The largest absolute Gasteiger partial charge is 0.478 e. The van der Waals surface area contributed by atoms with Crippen LogP contribution in [0, 0.1) is 0 Å². The van der Waals surface area contributed by atoms with Crippen LogP contribution >= 0.6 is 0 Å². The lowest BCUT2D eigenvalue weighted by molar-refractivity contribution is 0.326. The molecule has 12 heavy (non-hydrogen) atoms. The Morgan fingerprint density at radius 1 is 1.50 bits per heavy atom. The van der Waals surface area contributed by atoms with Crippen LogP contribution in [0.2, 0.25) is 0 Å². The maximum atomic E-state index is 5.21. The Bertz CT molecular complexity index is 195. The first-order valence-electron chi connectivity index (χ1n) is 4.09. The van der Waals surface area contributed by atoms with Crippen LogP contribution in [0.1, 0.15) is 12.5 Å². The van der Waals surface area contributed by atoms with E-state index in [1.54, 1.807) is 0 Å². The van der Waals surface area contributed by atoms with Gasteiger partial charge >= 0.3 is 0 Å². The van der Waals surface area contributed by atoms with Gasteiger partial charge in [-0.15, -0.1) is 0 Å². The van der Waals surface area contributed by atoms with E-state index in [1.807, 2.05) is 32.3 Å². The van der Waals surface area contributed by atoms with Gasteiger partial charge in [-0.25, -0.2) is 4.98 Å². The summed E-state index contributed by atoms with van der Waals surface area (Å²) in [7, 11) is 1.91. The Balaban J connectivity index is 2.58. The Labute approximate surface area is 72.8 Å². The molecule has 0 unspecified atom stereocenters. The van der Waals surface area contributed by atoms with Crippen molar-refractivity contribution in [3.8, 4) is 5.88 Å². The Hall–Kier alpha value is -1.09. The zero-order valence-electron chi connectivity index (χ0n) is 7.50. The van der Waals surface area contributed by atoms with E-state index in [4.69, 9.17) is 4.74 Å². The Morgan fingerprint density at radius 3 is 2.83 bits per heavy atom. The van der Waals surface area contributed by atoms with Crippen molar-refractivity contribution in [3.63, 3.8) is 0 Å². The van der Waals surface area contributed by atoms with Crippen molar-refractivity contribution in [3.05, 3.63) is 23.9 Å². The third kappa shape index (κ3) is 2.51. The molecule has 0 saturated carbocycles. The minimum atomic E-state index is 0.665. The smallest absolute Gasteiger partial charge is 0.213 e. The third-order valence-electron chi connectivity index (χ3n) is 1.47. The molecule has 0 atom stereocenters. The van der Waals surface area contributed by atoms with E-state index < -0.39 is 0 Å². The minimum Gasteiger partial charge on any atom is -0.478 e. The van der Waals surface area contributed by atoms with E-state index in [0.29, 0.717) is 12.5 Å². The lowest BCUT2D eigenvalue weighted by Gasteiger charge is -2.02. The Kier molecular flexibility index (Phi) is 3.54. The van der Waals surface area contributed by atoms with Crippen LogP contribution in [0.3, 0.4) is 0 Å². The van der Waals surface area contributed by atoms with Crippen LogP contribution in [0.25, 0.3) is 0 Å². The van der Waals surface area contributed by atoms with Gasteiger partial charge in [0.15, 0.2) is 0 Å². The SMILES string of the molecule is CCOc1ccc(CNC)cn1. The highest BCUT2D eigenvalue weighted by Gasteiger charge is 1.93. The zero-order chi connectivity index (χ0) is 8.81. The van der Waals surface area contributed by atoms with Gasteiger partial charge < -0.3 is 10.1 Å². The third-order valence-corrected chi connectivity index (χ3v) is 1.47. The van der Waals surface area contributed by atoms with Crippen molar-refractivity contribution < 1.29 is 4.74 Å². The quantitative estimate of drug-likeness (QED) is 0.729. The van der Waals surface area contributed by atoms with Gasteiger partial charge in [0.1, 0.15) is 0 Å². The van der Waals surface area contributed by atoms with E-state index in [-0.39, 0.29) is 0 Å². The number of nitrogens with one attached hydrogen (secondary N) is 1. The molecule has 0 aliphatic carbocycles. The standard InChI is InChI=1S/C9H14N2O/c1-3-12-9-5-4-8(6-10-2)7-11-9/h4-5,7,10H,3,6H2,1-2H3. The number of pyridine rings is 1.